The van der Waals surface area contributed by atoms with Crippen molar-refractivity contribution in [2.24, 2.45) is 16.5 Å². The fourth-order valence-electron chi connectivity index (χ4n) is 0.174. The molecule has 0 bridgehead atoms. The van der Waals surface area contributed by atoms with Crippen LogP contribution in [-0.4, -0.2) is 11.9 Å². The minimum Gasteiger partial charge on any atom is -0.387 e. The standard InChI is InChI=1S/C3H7N3O/c1-2(4)6-3(5)7/h1H3,(H4,4,5,6,7). The van der Waals surface area contributed by atoms with Crippen molar-refractivity contribution in [1.29, 1.82) is 0 Å². The molecule has 2 amide bonds. The first-order chi connectivity index (χ1) is 3.13. The average molecular weight is 101 g/mol. The second kappa shape index (κ2) is 2.17. The monoisotopic (exact) mass is 101 g/mol. The van der Waals surface area contributed by atoms with Crippen molar-refractivity contribution in [2.45, 2.75) is 6.92 Å². The van der Waals surface area contributed by atoms with Gasteiger partial charge in [0.2, 0.25) is 0 Å². The van der Waals surface area contributed by atoms with Crippen LogP contribution in [0.2, 0.25) is 0 Å². The van der Waals surface area contributed by atoms with E-state index in [0.717, 1.165) is 0 Å². The lowest BCUT2D eigenvalue weighted by Gasteiger charge is -1.81. The normalized spacial score (nSPS) is 11.3. The van der Waals surface area contributed by atoms with Crippen LogP contribution in [0.4, 0.5) is 4.79 Å². The van der Waals surface area contributed by atoms with Gasteiger partial charge < -0.3 is 11.5 Å². The Balaban J connectivity index is 3.68. The molecule has 0 aliphatic heterocycles. The maximum Gasteiger partial charge on any atom is 0.339 e. The van der Waals surface area contributed by atoms with Crippen LogP contribution in [0.15, 0.2) is 4.99 Å². The first kappa shape index (κ1) is 5.94. The molecule has 40 valence electrons. The number of nitrogens with two attached hydrogens (primary N) is 2. The molecule has 4 N–H and O–H groups in total. The van der Waals surface area contributed by atoms with Crippen molar-refractivity contribution in [3.63, 3.8) is 0 Å². The summed E-state index contributed by atoms with van der Waals surface area (Å²) in [6, 6.07) is -0.750. The Morgan fingerprint density at radius 2 is 2.00 bits per heavy atom. The zero-order valence-corrected chi connectivity index (χ0v) is 4.01. The van der Waals surface area contributed by atoms with E-state index in [4.69, 9.17) is 5.73 Å². The highest BCUT2D eigenvalue weighted by atomic mass is 16.2. The van der Waals surface area contributed by atoms with E-state index in [1.807, 2.05) is 0 Å². The number of amidine groups is 1. The van der Waals surface area contributed by atoms with Gasteiger partial charge >= 0.3 is 6.03 Å². The number of aliphatic imine (C=N–C) groups is 1. The molecular formula is C3H7N3O. The Morgan fingerprint density at radius 3 is 2.00 bits per heavy atom. The lowest BCUT2D eigenvalue weighted by molar-refractivity contribution is 0.256. The molecule has 0 radical (unpaired) electrons. The van der Waals surface area contributed by atoms with Gasteiger partial charge in [-0.3, -0.25) is 0 Å². The minimum absolute atomic E-state index is 0.188. The van der Waals surface area contributed by atoms with Crippen molar-refractivity contribution in [1.82, 2.24) is 0 Å². The largest absolute Gasteiger partial charge is 0.387 e. The summed E-state index contributed by atoms with van der Waals surface area (Å²) < 4.78 is 0. The molecule has 0 aliphatic rings. The lowest BCUT2D eigenvalue weighted by atomic mass is 10.7. The number of hydrogen-bond acceptors (Lipinski definition) is 1. The predicted molar refractivity (Wildman–Crippen MR) is 26.9 cm³/mol. The van der Waals surface area contributed by atoms with E-state index in [1.54, 1.807) is 0 Å². The van der Waals surface area contributed by atoms with Gasteiger partial charge in [0.15, 0.2) is 0 Å². The van der Waals surface area contributed by atoms with Crippen LogP contribution < -0.4 is 11.5 Å². The maximum absolute atomic E-state index is 9.76. The third kappa shape index (κ3) is 4.94. The van der Waals surface area contributed by atoms with Gasteiger partial charge in [-0.15, -0.1) is 0 Å². The van der Waals surface area contributed by atoms with Gasteiger partial charge in [-0.05, 0) is 6.92 Å². The molecule has 0 aromatic rings. The average Bonchev–Trinajstić information content (AvgIpc) is 1.27. The van der Waals surface area contributed by atoms with Crippen LogP contribution >= 0.6 is 0 Å². The molecular weight excluding hydrogens is 94.1 g/mol. The smallest absolute Gasteiger partial charge is 0.339 e. The number of amides is 2. The van der Waals surface area contributed by atoms with Crippen LogP contribution in [-0.2, 0) is 0 Å². The van der Waals surface area contributed by atoms with Gasteiger partial charge in [0, 0.05) is 0 Å². The van der Waals surface area contributed by atoms with Gasteiger partial charge in [-0.1, -0.05) is 0 Å². The molecule has 4 nitrogen and oxygen atoms in total. The quantitative estimate of drug-likeness (QED) is 0.317. The molecule has 0 aromatic heterocycles. The molecule has 0 unspecified atom stereocenters. The SMILES string of the molecule is C/C(N)=N/C(N)=O. The molecule has 0 rings (SSSR count). The molecule has 0 heterocycles. The molecule has 0 fully saturated rings. The molecule has 0 atom stereocenters. The Labute approximate surface area is 41.2 Å². The van der Waals surface area contributed by atoms with E-state index in [-0.39, 0.29) is 5.84 Å². The summed E-state index contributed by atoms with van der Waals surface area (Å²) in [7, 11) is 0. The van der Waals surface area contributed by atoms with E-state index >= 15 is 0 Å². The number of carbonyl (C=O) groups is 1. The summed E-state index contributed by atoms with van der Waals surface area (Å²) in [6.45, 7) is 1.49. The highest BCUT2D eigenvalue weighted by Gasteiger charge is 1.82. The van der Waals surface area contributed by atoms with E-state index < -0.39 is 6.03 Å². The summed E-state index contributed by atoms with van der Waals surface area (Å²) in [4.78, 5) is 12.9. The van der Waals surface area contributed by atoms with Gasteiger partial charge in [0.25, 0.3) is 0 Å². The summed E-state index contributed by atoms with van der Waals surface area (Å²) in [5.41, 5.74) is 9.53. The van der Waals surface area contributed by atoms with Gasteiger partial charge in [0.1, 0.15) is 5.84 Å². The van der Waals surface area contributed by atoms with Crippen molar-refractivity contribution in [3.8, 4) is 0 Å². The molecule has 0 aliphatic carbocycles. The van der Waals surface area contributed by atoms with Gasteiger partial charge in [-0.2, -0.15) is 4.99 Å². The Bertz CT molecular complexity index is 103. The van der Waals surface area contributed by atoms with Crippen LogP contribution in [0.5, 0.6) is 0 Å². The first-order valence-corrected chi connectivity index (χ1v) is 1.73. The number of primary amides is 1. The number of hydrogen-bond donors (Lipinski definition) is 2. The maximum atomic E-state index is 9.76. The third-order valence-electron chi connectivity index (χ3n) is 0.287. The van der Waals surface area contributed by atoms with E-state index in [1.165, 1.54) is 6.92 Å². The van der Waals surface area contributed by atoms with Crippen LogP contribution in [0.1, 0.15) is 6.92 Å². The number of rotatable bonds is 0. The number of nitrogens with zero attached hydrogens (tertiary/aromatic N) is 1. The van der Waals surface area contributed by atoms with Crippen molar-refractivity contribution < 1.29 is 4.79 Å². The topological polar surface area (TPSA) is 81.5 Å². The number of carbonyl (C=O) groups excluding carboxylic acids is 1. The van der Waals surface area contributed by atoms with E-state index in [2.05, 4.69) is 10.7 Å². The summed E-state index contributed by atoms with van der Waals surface area (Å²) in [6.07, 6.45) is 0. The van der Waals surface area contributed by atoms with Crippen molar-refractivity contribution in [3.05, 3.63) is 0 Å². The Kier molecular flexibility index (Phi) is 1.84. The van der Waals surface area contributed by atoms with Crippen LogP contribution in [0.3, 0.4) is 0 Å². The first-order valence-electron chi connectivity index (χ1n) is 1.73. The second-order valence-electron chi connectivity index (χ2n) is 1.09. The van der Waals surface area contributed by atoms with Gasteiger partial charge in [0.05, 0.1) is 0 Å². The van der Waals surface area contributed by atoms with Crippen LogP contribution in [0.25, 0.3) is 0 Å². The van der Waals surface area contributed by atoms with E-state index in [0.29, 0.717) is 0 Å². The molecule has 0 saturated carbocycles. The van der Waals surface area contributed by atoms with E-state index in [9.17, 15) is 4.79 Å². The fourth-order valence-corrected chi connectivity index (χ4v) is 0.174. The lowest BCUT2D eigenvalue weighted by Crippen LogP contribution is -2.13. The summed E-state index contributed by atoms with van der Waals surface area (Å²) >= 11 is 0. The Morgan fingerprint density at radius 1 is 1.57 bits per heavy atom. The third-order valence-corrected chi connectivity index (χ3v) is 0.287. The molecule has 0 aromatic carbocycles. The highest BCUT2D eigenvalue weighted by molar-refractivity contribution is 5.90. The molecule has 7 heavy (non-hydrogen) atoms. The van der Waals surface area contributed by atoms with Gasteiger partial charge in [-0.25, -0.2) is 4.79 Å². The number of urea groups is 1. The highest BCUT2D eigenvalue weighted by Crippen LogP contribution is 1.65. The van der Waals surface area contributed by atoms with Crippen molar-refractivity contribution in [2.75, 3.05) is 0 Å². The molecule has 0 saturated heterocycles. The van der Waals surface area contributed by atoms with Crippen LogP contribution in [0, 0.1) is 0 Å². The summed E-state index contributed by atoms with van der Waals surface area (Å²) in [5.74, 6) is 0.188. The molecule has 0 spiro atoms. The zero-order chi connectivity index (χ0) is 5.86. The summed E-state index contributed by atoms with van der Waals surface area (Å²) in [5, 5.41) is 0. The zero-order valence-electron chi connectivity index (χ0n) is 4.01. The fraction of sp³-hybridized carbons (Fsp3) is 0.333. The second-order valence-corrected chi connectivity index (χ2v) is 1.09. The van der Waals surface area contributed by atoms with Crippen molar-refractivity contribution >= 4 is 11.9 Å². The predicted octanol–water partition coefficient (Wildman–Crippen LogP) is -0.558. The molecule has 4 heteroatoms. The minimum atomic E-state index is -0.750. The Hall–Kier alpha value is -1.06.